The van der Waals surface area contributed by atoms with Crippen molar-refractivity contribution in [2.75, 3.05) is 12.4 Å². The molecule has 0 fully saturated rings. The summed E-state index contributed by atoms with van der Waals surface area (Å²) in [6.45, 7) is 0. The van der Waals surface area contributed by atoms with Gasteiger partial charge in [0.1, 0.15) is 10.6 Å². The summed E-state index contributed by atoms with van der Waals surface area (Å²) >= 11 is 2.88. The fraction of sp³-hybridized carbons (Fsp3) is 0.385. The average molecular weight is 346 g/mol. The zero-order valence-electron chi connectivity index (χ0n) is 11.4. The van der Waals surface area contributed by atoms with Gasteiger partial charge in [-0.3, -0.25) is 10.1 Å². The highest BCUT2D eigenvalue weighted by atomic mass is 35.5. The molecule has 5 nitrogen and oxygen atoms in total. The Morgan fingerprint density at radius 2 is 2.38 bits per heavy atom. The predicted octanol–water partition coefficient (Wildman–Crippen LogP) is 2.70. The molecule has 0 saturated carbocycles. The third-order valence-corrected chi connectivity index (χ3v) is 5.18. The van der Waals surface area contributed by atoms with Crippen LogP contribution in [-0.2, 0) is 12.8 Å². The molecule has 3 rings (SSSR count). The summed E-state index contributed by atoms with van der Waals surface area (Å²) in [4.78, 5) is 18.4. The first-order chi connectivity index (χ1) is 9.67. The number of aryl methyl sites for hydroxylation is 1. The molecule has 3 N–H and O–H groups in total. The number of thiazole rings is 1. The Kier molecular flexibility index (Phi) is 5.21. The molecule has 0 aliphatic heterocycles. The Balaban J connectivity index is 0.00000161. The number of nitrogens with zero attached hydrogens (tertiary/aromatic N) is 1. The van der Waals surface area contributed by atoms with Gasteiger partial charge in [0.15, 0.2) is 5.13 Å². The number of carbonyl (C=O) groups is 1. The average Bonchev–Trinajstić information content (AvgIpc) is 3.03. The van der Waals surface area contributed by atoms with Crippen molar-refractivity contribution in [2.24, 2.45) is 5.73 Å². The molecule has 114 valence electrons. The highest BCUT2D eigenvalue weighted by molar-refractivity contribution is 7.16. The number of nitrogens with one attached hydrogen (secondary N) is 1. The highest BCUT2D eigenvalue weighted by Gasteiger charge is 2.22. The molecule has 0 radical (unpaired) electrons. The number of aromatic nitrogens is 1. The Morgan fingerprint density at radius 3 is 3.14 bits per heavy atom. The zero-order chi connectivity index (χ0) is 14.1. The van der Waals surface area contributed by atoms with Crippen molar-refractivity contribution in [1.29, 1.82) is 0 Å². The summed E-state index contributed by atoms with van der Waals surface area (Å²) in [6, 6.07) is 2.00. The number of methoxy groups -OCH3 is 1. The van der Waals surface area contributed by atoms with Crippen molar-refractivity contribution in [1.82, 2.24) is 4.98 Å². The summed E-state index contributed by atoms with van der Waals surface area (Å²) in [7, 11) is 1.56. The number of fused-ring (bicyclic) bond motifs is 1. The molecule has 1 aliphatic carbocycles. The number of nitrogens with two attached hydrogens (primary N) is 1. The van der Waals surface area contributed by atoms with Crippen molar-refractivity contribution in [3.63, 3.8) is 0 Å². The molecule has 0 aromatic carbocycles. The van der Waals surface area contributed by atoms with Crippen LogP contribution in [0.15, 0.2) is 11.4 Å². The van der Waals surface area contributed by atoms with Gasteiger partial charge >= 0.3 is 0 Å². The van der Waals surface area contributed by atoms with Crippen LogP contribution in [0.3, 0.4) is 0 Å². The normalized spacial score (nSPS) is 16.8. The highest BCUT2D eigenvalue weighted by Crippen LogP contribution is 2.31. The second-order valence-electron chi connectivity index (χ2n) is 4.66. The maximum Gasteiger partial charge on any atom is 0.271 e. The lowest BCUT2D eigenvalue weighted by Gasteiger charge is -2.15. The third kappa shape index (κ3) is 3.37. The van der Waals surface area contributed by atoms with E-state index in [9.17, 15) is 4.79 Å². The van der Waals surface area contributed by atoms with Crippen molar-refractivity contribution < 1.29 is 9.53 Å². The van der Waals surface area contributed by atoms with E-state index in [1.54, 1.807) is 13.2 Å². The van der Waals surface area contributed by atoms with Gasteiger partial charge in [-0.2, -0.15) is 0 Å². The van der Waals surface area contributed by atoms with Gasteiger partial charge in [0, 0.05) is 10.9 Å². The largest absolute Gasteiger partial charge is 0.495 e. The number of anilines is 1. The first-order valence-electron chi connectivity index (χ1n) is 6.34. The Bertz CT molecular complexity index is 641. The standard InChI is InChI=1S/C13H15N3O2S2.ClH/c1-18-9-4-5-19-11(9)12(17)16-13-15-8-3-2-7(14)6-10(8)20-13;/h4-5,7H,2-3,6,14H2,1H3,(H,15,16,17);1H/t7-;/m0./s1. The monoisotopic (exact) mass is 345 g/mol. The van der Waals surface area contributed by atoms with Gasteiger partial charge in [0.25, 0.3) is 5.91 Å². The number of ether oxygens (including phenoxy) is 1. The molecule has 0 unspecified atom stereocenters. The van der Waals surface area contributed by atoms with Gasteiger partial charge in [0.05, 0.1) is 12.8 Å². The second-order valence-corrected chi connectivity index (χ2v) is 6.66. The minimum Gasteiger partial charge on any atom is -0.495 e. The van der Waals surface area contributed by atoms with Gasteiger partial charge in [-0.1, -0.05) is 0 Å². The zero-order valence-corrected chi connectivity index (χ0v) is 13.9. The third-order valence-electron chi connectivity index (χ3n) is 3.25. The van der Waals surface area contributed by atoms with Crippen LogP contribution in [0, 0.1) is 0 Å². The van der Waals surface area contributed by atoms with E-state index in [1.807, 2.05) is 5.38 Å². The van der Waals surface area contributed by atoms with Crippen molar-refractivity contribution in [3.05, 3.63) is 26.9 Å². The maximum atomic E-state index is 12.2. The Hall–Kier alpha value is -1.15. The van der Waals surface area contributed by atoms with E-state index < -0.39 is 0 Å². The van der Waals surface area contributed by atoms with E-state index in [2.05, 4.69) is 10.3 Å². The second kappa shape index (κ2) is 6.74. The van der Waals surface area contributed by atoms with Crippen LogP contribution in [-0.4, -0.2) is 24.0 Å². The summed E-state index contributed by atoms with van der Waals surface area (Å²) < 4.78 is 5.16. The molecule has 1 amide bonds. The van der Waals surface area contributed by atoms with E-state index in [0.717, 1.165) is 25.0 Å². The lowest BCUT2D eigenvalue weighted by molar-refractivity contribution is 0.102. The number of hydrogen-bond donors (Lipinski definition) is 2. The van der Waals surface area contributed by atoms with Crippen LogP contribution in [0.1, 0.15) is 26.7 Å². The molecule has 2 heterocycles. The number of thiophene rings is 1. The fourth-order valence-electron chi connectivity index (χ4n) is 2.23. The molecule has 2 aromatic heterocycles. The lowest BCUT2D eigenvalue weighted by atomic mass is 9.99. The molecule has 2 aromatic rings. The van der Waals surface area contributed by atoms with Crippen LogP contribution in [0.5, 0.6) is 5.75 Å². The van der Waals surface area contributed by atoms with Gasteiger partial charge in [-0.15, -0.1) is 35.1 Å². The van der Waals surface area contributed by atoms with E-state index in [0.29, 0.717) is 15.8 Å². The number of rotatable bonds is 3. The molecule has 21 heavy (non-hydrogen) atoms. The minimum absolute atomic E-state index is 0. The van der Waals surface area contributed by atoms with Crippen molar-refractivity contribution in [3.8, 4) is 5.75 Å². The summed E-state index contributed by atoms with van der Waals surface area (Å²) in [5.41, 5.74) is 7.03. The van der Waals surface area contributed by atoms with E-state index in [1.165, 1.54) is 27.6 Å². The van der Waals surface area contributed by atoms with Crippen molar-refractivity contribution >= 4 is 46.1 Å². The van der Waals surface area contributed by atoms with Crippen LogP contribution in [0.2, 0.25) is 0 Å². The van der Waals surface area contributed by atoms with Gasteiger partial charge in [-0.05, 0) is 30.7 Å². The first-order valence-corrected chi connectivity index (χ1v) is 8.04. The summed E-state index contributed by atoms with van der Waals surface area (Å²) in [5, 5.41) is 5.33. The van der Waals surface area contributed by atoms with Crippen LogP contribution in [0.25, 0.3) is 0 Å². The molecule has 1 aliphatic rings. The van der Waals surface area contributed by atoms with Crippen LogP contribution in [0.4, 0.5) is 5.13 Å². The Morgan fingerprint density at radius 1 is 1.57 bits per heavy atom. The number of halogens is 1. The fourth-order valence-corrected chi connectivity index (χ4v) is 4.08. The topological polar surface area (TPSA) is 77.2 Å². The van der Waals surface area contributed by atoms with E-state index >= 15 is 0 Å². The van der Waals surface area contributed by atoms with Gasteiger partial charge in [0.2, 0.25) is 0 Å². The number of carbonyl (C=O) groups excluding carboxylic acids is 1. The first kappa shape index (κ1) is 16.2. The summed E-state index contributed by atoms with van der Waals surface area (Å²) in [6.07, 6.45) is 2.71. The van der Waals surface area contributed by atoms with Crippen LogP contribution < -0.4 is 15.8 Å². The molecule has 0 bridgehead atoms. The van der Waals surface area contributed by atoms with E-state index in [-0.39, 0.29) is 24.4 Å². The molecule has 0 spiro atoms. The van der Waals surface area contributed by atoms with E-state index in [4.69, 9.17) is 10.5 Å². The molecule has 0 saturated heterocycles. The molecular formula is C13H16ClN3O2S2. The van der Waals surface area contributed by atoms with Crippen molar-refractivity contribution in [2.45, 2.75) is 25.3 Å². The quantitative estimate of drug-likeness (QED) is 0.896. The van der Waals surface area contributed by atoms with Gasteiger partial charge < -0.3 is 10.5 Å². The summed E-state index contributed by atoms with van der Waals surface area (Å²) in [5.74, 6) is 0.420. The lowest BCUT2D eigenvalue weighted by Crippen LogP contribution is -2.27. The SMILES string of the molecule is COc1ccsc1C(=O)Nc1nc2c(s1)C[C@@H](N)CC2.Cl. The maximum absolute atomic E-state index is 12.2. The minimum atomic E-state index is -0.174. The van der Waals surface area contributed by atoms with Crippen LogP contribution >= 0.6 is 35.1 Å². The Labute approximate surface area is 136 Å². The molecular weight excluding hydrogens is 330 g/mol. The van der Waals surface area contributed by atoms with Gasteiger partial charge in [-0.25, -0.2) is 4.98 Å². The predicted molar refractivity (Wildman–Crippen MR) is 88.2 cm³/mol. The number of amides is 1. The molecule has 8 heteroatoms. The number of hydrogen-bond acceptors (Lipinski definition) is 6. The smallest absolute Gasteiger partial charge is 0.271 e. The molecule has 1 atom stereocenters.